The van der Waals surface area contributed by atoms with Gasteiger partial charge in [0, 0.05) is 31.2 Å². The van der Waals surface area contributed by atoms with E-state index in [1.807, 2.05) is 0 Å². The lowest BCUT2D eigenvalue weighted by Gasteiger charge is -2.37. The molecular formula is C16H26N4S. The minimum absolute atomic E-state index is 0.628. The van der Waals surface area contributed by atoms with E-state index in [1.165, 1.54) is 37.2 Å². The molecule has 21 heavy (non-hydrogen) atoms. The minimum atomic E-state index is 0.628. The van der Waals surface area contributed by atoms with Crippen molar-refractivity contribution in [3.05, 3.63) is 17.3 Å². The molecule has 0 aliphatic heterocycles. The molecule has 1 N–H and O–H groups in total. The van der Waals surface area contributed by atoms with E-state index in [0.717, 1.165) is 24.0 Å². The van der Waals surface area contributed by atoms with E-state index in [2.05, 4.69) is 47.1 Å². The molecule has 116 valence electrons. The van der Waals surface area contributed by atoms with Crippen LogP contribution in [0.4, 0.5) is 5.82 Å². The van der Waals surface area contributed by atoms with Crippen molar-refractivity contribution < 1.29 is 0 Å². The van der Waals surface area contributed by atoms with E-state index in [1.54, 1.807) is 11.3 Å². The molecule has 0 saturated heterocycles. The van der Waals surface area contributed by atoms with Gasteiger partial charge in [0.1, 0.15) is 0 Å². The summed E-state index contributed by atoms with van der Waals surface area (Å²) in [6.45, 7) is 6.41. The first-order valence-corrected chi connectivity index (χ1v) is 8.98. The van der Waals surface area contributed by atoms with Crippen molar-refractivity contribution in [1.82, 2.24) is 14.7 Å². The number of imidazole rings is 1. The third-order valence-corrected chi connectivity index (χ3v) is 5.54. The molecule has 1 aliphatic carbocycles. The largest absolute Gasteiger partial charge is 0.355 e. The highest BCUT2D eigenvalue weighted by atomic mass is 32.1. The molecule has 3 rings (SSSR count). The van der Waals surface area contributed by atoms with Gasteiger partial charge in [-0.25, -0.2) is 4.98 Å². The quantitative estimate of drug-likeness (QED) is 0.917. The molecule has 2 atom stereocenters. The normalized spacial score (nSPS) is 22.8. The van der Waals surface area contributed by atoms with Crippen LogP contribution in [0.3, 0.4) is 0 Å². The molecule has 4 nitrogen and oxygen atoms in total. The number of anilines is 1. The average molecular weight is 306 g/mol. The minimum Gasteiger partial charge on any atom is -0.355 e. The Kier molecular flexibility index (Phi) is 4.50. The Bertz CT molecular complexity index is 588. The van der Waals surface area contributed by atoms with Gasteiger partial charge in [0.25, 0.3) is 0 Å². The molecule has 2 aromatic heterocycles. The second-order valence-corrected chi connectivity index (χ2v) is 7.03. The van der Waals surface area contributed by atoms with Crippen LogP contribution in [0.25, 0.3) is 4.96 Å². The van der Waals surface area contributed by atoms with Crippen molar-refractivity contribution in [3.63, 3.8) is 0 Å². The molecule has 0 radical (unpaired) electrons. The zero-order chi connectivity index (χ0) is 14.8. The summed E-state index contributed by atoms with van der Waals surface area (Å²) >= 11 is 1.72. The summed E-state index contributed by atoms with van der Waals surface area (Å²) in [6.07, 6.45) is 7.52. The Morgan fingerprint density at radius 2 is 2.24 bits per heavy atom. The second-order valence-electron chi connectivity index (χ2n) is 6.16. The van der Waals surface area contributed by atoms with Crippen LogP contribution in [0.2, 0.25) is 0 Å². The highest BCUT2D eigenvalue weighted by Gasteiger charge is 2.28. The smallest absolute Gasteiger partial charge is 0.195 e. The van der Waals surface area contributed by atoms with E-state index in [9.17, 15) is 0 Å². The lowest BCUT2D eigenvalue weighted by Crippen LogP contribution is -2.39. The molecule has 1 aliphatic rings. The first-order valence-electron chi connectivity index (χ1n) is 8.10. The Morgan fingerprint density at radius 1 is 1.43 bits per heavy atom. The van der Waals surface area contributed by atoms with Crippen LogP contribution in [0.15, 0.2) is 11.6 Å². The summed E-state index contributed by atoms with van der Waals surface area (Å²) in [5.74, 6) is 1.93. The van der Waals surface area contributed by atoms with Gasteiger partial charge in [-0.3, -0.25) is 4.40 Å². The molecule has 2 aromatic rings. The Morgan fingerprint density at radius 3 is 3.00 bits per heavy atom. The SMILES string of the molecule is CCNCc1c(N(C)C2CCCCC2C)nc2sccn12. The van der Waals surface area contributed by atoms with E-state index < -0.39 is 0 Å². The number of thiazole rings is 1. The molecule has 5 heteroatoms. The molecule has 1 saturated carbocycles. The van der Waals surface area contributed by atoms with Crippen LogP contribution in [-0.2, 0) is 6.54 Å². The molecule has 0 aromatic carbocycles. The van der Waals surface area contributed by atoms with E-state index >= 15 is 0 Å². The lowest BCUT2D eigenvalue weighted by atomic mass is 9.85. The summed E-state index contributed by atoms with van der Waals surface area (Å²) in [7, 11) is 2.23. The zero-order valence-corrected chi connectivity index (χ0v) is 14.1. The van der Waals surface area contributed by atoms with Gasteiger partial charge >= 0.3 is 0 Å². The standard InChI is InChI=1S/C16H26N4S/c1-4-17-11-14-15(18-16-20(14)9-10-21-16)19(3)13-8-6-5-7-12(13)2/h9-10,12-13,17H,4-8,11H2,1-3H3. The van der Waals surface area contributed by atoms with Crippen LogP contribution in [0.1, 0.15) is 45.2 Å². The van der Waals surface area contributed by atoms with Gasteiger partial charge < -0.3 is 10.2 Å². The molecule has 0 amide bonds. The maximum atomic E-state index is 4.90. The van der Waals surface area contributed by atoms with E-state index in [0.29, 0.717) is 6.04 Å². The van der Waals surface area contributed by atoms with Crippen molar-refractivity contribution in [2.75, 3.05) is 18.5 Å². The fourth-order valence-corrected chi connectivity index (χ4v) is 4.27. The third kappa shape index (κ3) is 2.81. The van der Waals surface area contributed by atoms with Crippen LogP contribution in [0, 0.1) is 5.92 Å². The van der Waals surface area contributed by atoms with Gasteiger partial charge in [0.15, 0.2) is 10.8 Å². The van der Waals surface area contributed by atoms with Gasteiger partial charge in [-0.1, -0.05) is 26.7 Å². The van der Waals surface area contributed by atoms with Crippen LogP contribution in [-0.4, -0.2) is 29.0 Å². The Labute approximate surface area is 131 Å². The molecule has 2 unspecified atom stereocenters. The van der Waals surface area contributed by atoms with Crippen LogP contribution < -0.4 is 10.2 Å². The number of hydrogen-bond acceptors (Lipinski definition) is 4. The number of rotatable bonds is 5. The second kappa shape index (κ2) is 6.36. The van der Waals surface area contributed by atoms with Crippen molar-refractivity contribution in [3.8, 4) is 0 Å². The first kappa shape index (κ1) is 14.9. The molecule has 0 spiro atoms. The Hall–Kier alpha value is -1.07. The maximum Gasteiger partial charge on any atom is 0.195 e. The van der Waals surface area contributed by atoms with Crippen molar-refractivity contribution in [1.29, 1.82) is 0 Å². The van der Waals surface area contributed by atoms with Crippen molar-refractivity contribution in [2.45, 2.75) is 52.1 Å². The average Bonchev–Trinajstić information content (AvgIpc) is 3.06. The van der Waals surface area contributed by atoms with Gasteiger partial charge in [-0.15, -0.1) is 11.3 Å². The summed E-state index contributed by atoms with van der Waals surface area (Å²) in [5.41, 5.74) is 1.30. The topological polar surface area (TPSA) is 32.6 Å². The highest BCUT2D eigenvalue weighted by Crippen LogP contribution is 2.32. The fraction of sp³-hybridized carbons (Fsp3) is 0.688. The zero-order valence-electron chi connectivity index (χ0n) is 13.3. The van der Waals surface area contributed by atoms with E-state index in [-0.39, 0.29) is 0 Å². The molecule has 1 fully saturated rings. The van der Waals surface area contributed by atoms with Gasteiger partial charge in [-0.2, -0.15) is 0 Å². The summed E-state index contributed by atoms with van der Waals surface area (Å²) < 4.78 is 2.24. The summed E-state index contributed by atoms with van der Waals surface area (Å²) in [5, 5.41) is 5.58. The number of hydrogen-bond donors (Lipinski definition) is 1. The van der Waals surface area contributed by atoms with Crippen LogP contribution >= 0.6 is 11.3 Å². The van der Waals surface area contributed by atoms with Gasteiger partial charge in [-0.05, 0) is 25.3 Å². The number of aromatic nitrogens is 2. The highest BCUT2D eigenvalue weighted by molar-refractivity contribution is 7.15. The first-order chi connectivity index (χ1) is 10.2. The van der Waals surface area contributed by atoms with Crippen molar-refractivity contribution in [2.24, 2.45) is 5.92 Å². The third-order valence-electron chi connectivity index (χ3n) is 4.78. The monoisotopic (exact) mass is 306 g/mol. The summed E-state index contributed by atoms with van der Waals surface area (Å²) in [4.78, 5) is 8.45. The van der Waals surface area contributed by atoms with Gasteiger partial charge in [0.05, 0.1) is 5.69 Å². The number of nitrogens with zero attached hydrogens (tertiary/aromatic N) is 3. The van der Waals surface area contributed by atoms with Crippen LogP contribution in [0.5, 0.6) is 0 Å². The maximum absolute atomic E-state index is 4.90. The van der Waals surface area contributed by atoms with Gasteiger partial charge in [0.2, 0.25) is 0 Å². The lowest BCUT2D eigenvalue weighted by molar-refractivity contribution is 0.320. The number of nitrogens with one attached hydrogen (secondary N) is 1. The predicted molar refractivity (Wildman–Crippen MR) is 90.3 cm³/mol. The Balaban J connectivity index is 1.92. The van der Waals surface area contributed by atoms with E-state index in [4.69, 9.17) is 4.98 Å². The predicted octanol–water partition coefficient (Wildman–Crippen LogP) is 3.52. The molecular weight excluding hydrogens is 280 g/mol. The summed E-state index contributed by atoms with van der Waals surface area (Å²) in [6, 6.07) is 0.628. The molecule has 0 bridgehead atoms. The number of fused-ring (bicyclic) bond motifs is 1. The van der Waals surface area contributed by atoms with Crippen molar-refractivity contribution >= 4 is 22.1 Å². The fourth-order valence-electron chi connectivity index (χ4n) is 3.54. The molecule has 2 heterocycles.